The van der Waals surface area contributed by atoms with Gasteiger partial charge in [0.25, 0.3) is 0 Å². The highest BCUT2D eigenvalue weighted by atomic mass is 16.2. The zero-order valence-electron chi connectivity index (χ0n) is 16.7. The Morgan fingerprint density at radius 1 is 1.23 bits per heavy atom. The summed E-state index contributed by atoms with van der Waals surface area (Å²) in [6.07, 6.45) is 5.17. The van der Waals surface area contributed by atoms with E-state index >= 15 is 0 Å². The summed E-state index contributed by atoms with van der Waals surface area (Å²) < 4.78 is 0. The van der Waals surface area contributed by atoms with Gasteiger partial charge in [0.15, 0.2) is 0 Å². The van der Waals surface area contributed by atoms with E-state index < -0.39 is 0 Å². The first kappa shape index (κ1) is 19.6. The van der Waals surface area contributed by atoms with E-state index in [0.717, 1.165) is 32.5 Å². The van der Waals surface area contributed by atoms with Crippen LogP contribution in [0.4, 0.5) is 0 Å². The Kier molecular flexibility index (Phi) is 6.56. The molecule has 1 saturated carbocycles. The quantitative estimate of drug-likeness (QED) is 0.769. The highest BCUT2D eigenvalue weighted by molar-refractivity contribution is 5.81. The van der Waals surface area contributed by atoms with Gasteiger partial charge in [-0.15, -0.1) is 0 Å². The lowest BCUT2D eigenvalue weighted by atomic mass is 10.0. The zero-order valence-corrected chi connectivity index (χ0v) is 16.7. The number of likely N-dealkylation sites (N-methyl/N-ethyl adjacent to an activating group) is 1. The number of nitrogens with one attached hydrogen (secondary N) is 1. The zero-order chi connectivity index (χ0) is 18.7. The molecule has 148 valence electrons. The molecule has 0 aromatic rings. The maximum Gasteiger partial charge on any atom is 0.236 e. The molecule has 0 aromatic heterocycles. The Bertz CT molecular complexity index is 500. The van der Waals surface area contributed by atoms with E-state index in [0.29, 0.717) is 43.9 Å². The number of piperidine rings is 1. The average Bonchev–Trinajstić information content (AvgIpc) is 3.45. The summed E-state index contributed by atoms with van der Waals surface area (Å²) in [4.78, 5) is 31.9. The van der Waals surface area contributed by atoms with Crippen LogP contribution in [0.1, 0.15) is 46.0 Å². The van der Waals surface area contributed by atoms with Gasteiger partial charge < -0.3 is 15.1 Å². The standard InChI is InChI=1S/C20H36N4O2/c1-15(2)18-13-23(11-8-19(25)24(18)12-16-4-5-16)20(26)14-22(3)17-6-9-21-10-7-17/h15-18,21H,4-14H2,1-3H3. The van der Waals surface area contributed by atoms with Crippen LogP contribution in [-0.4, -0.2) is 84.9 Å². The van der Waals surface area contributed by atoms with Crippen LogP contribution in [0.3, 0.4) is 0 Å². The van der Waals surface area contributed by atoms with Crippen molar-refractivity contribution < 1.29 is 9.59 Å². The van der Waals surface area contributed by atoms with E-state index in [1.807, 2.05) is 4.90 Å². The molecule has 0 spiro atoms. The van der Waals surface area contributed by atoms with Crippen molar-refractivity contribution >= 4 is 11.8 Å². The SMILES string of the molecule is CC(C)C1CN(C(=O)CN(C)C2CCNCC2)CCC(=O)N1CC1CC1. The van der Waals surface area contributed by atoms with Crippen LogP contribution >= 0.6 is 0 Å². The van der Waals surface area contributed by atoms with Crippen molar-refractivity contribution in [3.8, 4) is 0 Å². The molecule has 3 rings (SSSR count). The second-order valence-corrected chi connectivity index (χ2v) is 8.79. The fourth-order valence-electron chi connectivity index (χ4n) is 4.28. The van der Waals surface area contributed by atoms with E-state index in [4.69, 9.17) is 0 Å². The van der Waals surface area contributed by atoms with Crippen LogP contribution in [0, 0.1) is 11.8 Å². The second-order valence-electron chi connectivity index (χ2n) is 8.79. The molecule has 3 aliphatic rings. The number of carbonyl (C=O) groups is 2. The van der Waals surface area contributed by atoms with Crippen LogP contribution in [-0.2, 0) is 9.59 Å². The number of hydrogen-bond donors (Lipinski definition) is 1. The van der Waals surface area contributed by atoms with Gasteiger partial charge in [0.2, 0.25) is 11.8 Å². The van der Waals surface area contributed by atoms with Gasteiger partial charge in [0.05, 0.1) is 12.6 Å². The molecule has 1 unspecified atom stereocenters. The predicted molar refractivity (Wildman–Crippen MR) is 103 cm³/mol. The molecule has 2 heterocycles. The van der Waals surface area contributed by atoms with E-state index in [-0.39, 0.29) is 17.9 Å². The van der Waals surface area contributed by atoms with Crippen molar-refractivity contribution in [3.05, 3.63) is 0 Å². The van der Waals surface area contributed by atoms with E-state index in [9.17, 15) is 9.59 Å². The maximum absolute atomic E-state index is 13.0. The van der Waals surface area contributed by atoms with Crippen molar-refractivity contribution in [2.75, 3.05) is 46.3 Å². The molecule has 2 saturated heterocycles. The maximum atomic E-state index is 13.0. The third-order valence-electron chi connectivity index (χ3n) is 6.31. The Hall–Kier alpha value is -1.14. The molecular formula is C20H36N4O2. The number of carbonyl (C=O) groups excluding carboxylic acids is 2. The molecule has 1 aliphatic carbocycles. The number of hydrogen-bond acceptors (Lipinski definition) is 4. The minimum absolute atomic E-state index is 0.152. The molecule has 3 fully saturated rings. The normalized spacial score (nSPS) is 25.9. The molecule has 2 aliphatic heterocycles. The number of rotatable bonds is 6. The molecule has 1 atom stereocenters. The molecule has 0 aromatic carbocycles. The van der Waals surface area contributed by atoms with Crippen LogP contribution in [0.25, 0.3) is 0 Å². The molecule has 2 amide bonds. The first-order valence-electron chi connectivity index (χ1n) is 10.4. The highest BCUT2D eigenvalue weighted by Crippen LogP contribution is 2.32. The molecule has 1 N–H and O–H groups in total. The van der Waals surface area contributed by atoms with E-state index in [1.54, 1.807) is 0 Å². The second kappa shape index (κ2) is 8.70. The van der Waals surface area contributed by atoms with Gasteiger partial charge in [-0.2, -0.15) is 0 Å². The molecule has 6 heteroatoms. The fraction of sp³-hybridized carbons (Fsp3) is 0.900. The Morgan fingerprint density at radius 3 is 2.54 bits per heavy atom. The van der Waals surface area contributed by atoms with Crippen LogP contribution in [0.2, 0.25) is 0 Å². The topological polar surface area (TPSA) is 55.9 Å². The van der Waals surface area contributed by atoms with Crippen molar-refractivity contribution in [3.63, 3.8) is 0 Å². The lowest BCUT2D eigenvalue weighted by molar-refractivity contribution is -0.134. The summed E-state index contributed by atoms with van der Waals surface area (Å²) in [7, 11) is 2.07. The van der Waals surface area contributed by atoms with Gasteiger partial charge in [0, 0.05) is 32.1 Å². The molecule has 0 radical (unpaired) electrons. The largest absolute Gasteiger partial charge is 0.339 e. The van der Waals surface area contributed by atoms with Gasteiger partial charge >= 0.3 is 0 Å². The molecule has 0 bridgehead atoms. The lowest BCUT2D eigenvalue weighted by Crippen LogP contribution is -2.50. The van der Waals surface area contributed by atoms with E-state index in [2.05, 4.69) is 36.0 Å². The van der Waals surface area contributed by atoms with Gasteiger partial charge in [0.1, 0.15) is 0 Å². The molecular weight excluding hydrogens is 328 g/mol. The highest BCUT2D eigenvalue weighted by Gasteiger charge is 2.36. The Morgan fingerprint density at radius 2 is 1.92 bits per heavy atom. The number of nitrogens with zero attached hydrogens (tertiary/aromatic N) is 3. The molecule has 6 nitrogen and oxygen atoms in total. The van der Waals surface area contributed by atoms with Gasteiger partial charge in [-0.05, 0) is 57.7 Å². The monoisotopic (exact) mass is 364 g/mol. The summed E-state index contributed by atoms with van der Waals surface area (Å²) in [6.45, 7) is 9.03. The summed E-state index contributed by atoms with van der Waals surface area (Å²) in [6, 6.07) is 0.639. The third-order valence-corrected chi connectivity index (χ3v) is 6.31. The first-order chi connectivity index (χ1) is 12.5. The van der Waals surface area contributed by atoms with Gasteiger partial charge in [-0.3, -0.25) is 14.5 Å². The van der Waals surface area contributed by atoms with Gasteiger partial charge in [-0.25, -0.2) is 0 Å². The van der Waals surface area contributed by atoms with Crippen molar-refractivity contribution in [1.29, 1.82) is 0 Å². The summed E-state index contributed by atoms with van der Waals surface area (Å²) in [5.74, 6) is 1.47. The van der Waals surface area contributed by atoms with Crippen LogP contribution in [0.5, 0.6) is 0 Å². The average molecular weight is 365 g/mol. The lowest BCUT2D eigenvalue weighted by Gasteiger charge is -2.36. The van der Waals surface area contributed by atoms with Crippen LogP contribution < -0.4 is 5.32 Å². The smallest absolute Gasteiger partial charge is 0.236 e. The van der Waals surface area contributed by atoms with Crippen molar-refractivity contribution in [1.82, 2.24) is 20.0 Å². The molecule has 26 heavy (non-hydrogen) atoms. The summed E-state index contributed by atoms with van der Waals surface area (Å²) >= 11 is 0. The van der Waals surface area contributed by atoms with Crippen LogP contribution in [0.15, 0.2) is 0 Å². The number of amides is 2. The van der Waals surface area contributed by atoms with Crippen molar-refractivity contribution in [2.45, 2.75) is 58.0 Å². The van der Waals surface area contributed by atoms with Crippen molar-refractivity contribution in [2.24, 2.45) is 11.8 Å². The Labute approximate surface area is 158 Å². The van der Waals surface area contributed by atoms with Gasteiger partial charge in [-0.1, -0.05) is 13.8 Å². The predicted octanol–water partition coefficient (Wildman–Crippen LogP) is 1.17. The minimum Gasteiger partial charge on any atom is -0.339 e. The minimum atomic E-state index is 0.152. The summed E-state index contributed by atoms with van der Waals surface area (Å²) in [5, 5.41) is 3.38. The first-order valence-corrected chi connectivity index (χ1v) is 10.4. The summed E-state index contributed by atoms with van der Waals surface area (Å²) in [5.41, 5.74) is 0. The Balaban J connectivity index is 1.61. The fourth-order valence-corrected chi connectivity index (χ4v) is 4.28. The third kappa shape index (κ3) is 4.97. The van der Waals surface area contributed by atoms with E-state index in [1.165, 1.54) is 12.8 Å².